The van der Waals surface area contributed by atoms with Crippen molar-refractivity contribution in [2.75, 3.05) is 7.05 Å². The highest BCUT2D eigenvalue weighted by molar-refractivity contribution is 5.83. The Labute approximate surface area is 135 Å². The summed E-state index contributed by atoms with van der Waals surface area (Å²) >= 11 is 0. The predicted molar refractivity (Wildman–Crippen MR) is 82.9 cm³/mol. The number of benzene rings is 1. The van der Waals surface area contributed by atoms with Crippen molar-refractivity contribution in [3.8, 4) is 0 Å². The largest absolute Gasteiger partial charge is 0.342 e. The van der Waals surface area contributed by atoms with Gasteiger partial charge in [0, 0.05) is 31.1 Å². The van der Waals surface area contributed by atoms with Gasteiger partial charge in [0.2, 0.25) is 5.91 Å². The Morgan fingerprint density at radius 2 is 1.87 bits per heavy atom. The summed E-state index contributed by atoms with van der Waals surface area (Å²) in [5, 5.41) is 3.58. The number of carbonyl (C=O) groups excluding carboxylic acids is 1. The molecule has 1 N–H and O–H groups in total. The van der Waals surface area contributed by atoms with Gasteiger partial charge in [0.25, 0.3) is 0 Å². The van der Waals surface area contributed by atoms with E-state index in [1.165, 1.54) is 18.9 Å². The number of rotatable bonds is 3. The number of piperidine rings is 1. The molecule has 2 bridgehead atoms. The van der Waals surface area contributed by atoms with E-state index >= 15 is 0 Å². The fraction of sp³-hybridized carbons (Fsp3) is 0.611. The first-order valence-electron chi connectivity index (χ1n) is 8.51. The standard InChI is InChI=1S/C18H22F2N2O/c1-22(12-7-10-5-6-11(8-12)21-10)18(23)15-9-14(15)13-3-2-4-16(19)17(13)20/h2-4,10-12,14-15,21H,5-9H2,1H3. The zero-order chi connectivity index (χ0) is 16.1. The van der Waals surface area contributed by atoms with Crippen LogP contribution in [-0.4, -0.2) is 36.0 Å². The molecule has 4 unspecified atom stereocenters. The zero-order valence-electron chi connectivity index (χ0n) is 13.3. The molecule has 1 aromatic rings. The lowest BCUT2D eigenvalue weighted by atomic mass is 9.98. The maximum Gasteiger partial charge on any atom is 0.226 e. The molecule has 2 aliphatic heterocycles. The van der Waals surface area contributed by atoms with Gasteiger partial charge in [-0.2, -0.15) is 0 Å². The first-order valence-corrected chi connectivity index (χ1v) is 8.51. The average Bonchev–Trinajstić information content (AvgIpc) is 3.27. The van der Waals surface area contributed by atoms with E-state index < -0.39 is 11.6 Å². The molecule has 2 saturated heterocycles. The van der Waals surface area contributed by atoms with E-state index in [4.69, 9.17) is 0 Å². The number of nitrogens with one attached hydrogen (secondary N) is 1. The highest BCUT2D eigenvalue weighted by Crippen LogP contribution is 2.49. The molecule has 1 aromatic carbocycles. The maximum absolute atomic E-state index is 13.9. The first kappa shape index (κ1) is 15.1. The average molecular weight is 320 g/mol. The Morgan fingerprint density at radius 3 is 2.57 bits per heavy atom. The van der Waals surface area contributed by atoms with Crippen molar-refractivity contribution in [3.63, 3.8) is 0 Å². The first-order chi connectivity index (χ1) is 11.0. The minimum Gasteiger partial charge on any atom is -0.342 e. The van der Waals surface area contributed by atoms with Gasteiger partial charge in [-0.05, 0) is 49.7 Å². The summed E-state index contributed by atoms with van der Waals surface area (Å²) in [5.74, 6) is -1.90. The number of nitrogens with zero attached hydrogens (tertiary/aromatic N) is 1. The topological polar surface area (TPSA) is 32.3 Å². The van der Waals surface area contributed by atoms with Crippen LogP contribution >= 0.6 is 0 Å². The van der Waals surface area contributed by atoms with Crippen LogP contribution < -0.4 is 5.32 Å². The summed E-state index contributed by atoms with van der Waals surface area (Å²) < 4.78 is 27.2. The van der Waals surface area contributed by atoms with Crippen LogP contribution in [0.4, 0.5) is 8.78 Å². The monoisotopic (exact) mass is 320 g/mol. The molecule has 2 heterocycles. The molecule has 0 aromatic heterocycles. The predicted octanol–water partition coefficient (Wildman–Crippen LogP) is 2.81. The molecule has 0 radical (unpaired) electrons. The van der Waals surface area contributed by atoms with Gasteiger partial charge in [-0.3, -0.25) is 4.79 Å². The summed E-state index contributed by atoms with van der Waals surface area (Å²) in [7, 11) is 1.87. The van der Waals surface area contributed by atoms with Crippen molar-refractivity contribution in [2.24, 2.45) is 5.92 Å². The van der Waals surface area contributed by atoms with Crippen LogP contribution in [0.5, 0.6) is 0 Å². The highest BCUT2D eigenvalue weighted by Gasteiger charge is 2.48. The Kier molecular flexibility index (Phi) is 3.63. The molecule has 5 heteroatoms. The van der Waals surface area contributed by atoms with Gasteiger partial charge in [0.05, 0.1) is 0 Å². The van der Waals surface area contributed by atoms with Gasteiger partial charge in [-0.1, -0.05) is 12.1 Å². The van der Waals surface area contributed by atoms with Crippen molar-refractivity contribution in [3.05, 3.63) is 35.4 Å². The summed E-state index contributed by atoms with van der Waals surface area (Å²) in [6.45, 7) is 0. The van der Waals surface area contributed by atoms with Gasteiger partial charge >= 0.3 is 0 Å². The fourth-order valence-electron chi connectivity index (χ4n) is 4.40. The molecule has 1 saturated carbocycles. The second kappa shape index (κ2) is 5.55. The number of hydrogen-bond donors (Lipinski definition) is 1. The lowest BCUT2D eigenvalue weighted by Crippen LogP contribution is -2.49. The molecule has 0 spiro atoms. The normalized spacial score (nSPS) is 35.2. The summed E-state index contributed by atoms with van der Waals surface area (Å²) in [4.78, 5) is 14.6. The lowest BCUT2D eigenvalue weighted by Gasteiger charge is -2.35. The summed E-state index contributed by atoms with van der Waals surface area (Å²) in [6, 6.07) is 5.58. The third-order valence-electron chi connectivity index (χ3n) is 5.83. The van der Waals surface area contributed by atoms with Crippen molar-refractivity contribution in [2.45, 2.75) is 56.1 Å². The fourth-order valence-corrected chi connectivity index (χ4v) is 4.40. The van der Waals surface area contributed by atoms with E-state index in [1.54, 1.807) is 6.07 Å². The molecule has 3 aliphatic rings. The molecule has 4 atom stereocenters. The Bertz CT molecular complexity index is 623. The maximum atomic E-state index is 13.9. The Morgan fingerprint density at radius 1 is 1.17 bits per heavy atom. The number of carbonyl (C=O) groups is 1. The molecular formula is C18H22F2N2O. The van der Waals surface area contributed by atoms with Crippen molar-refractivity contribution in [1.29, 1.82) is 0 Å². The molecule has 1 aliphatic carbocycles. The van der Waals surface area contributed by atoms with Gasteiger partial charge in [0.1, 0.15) is 0 Å². The SMILES string of the molecule is CN(C(=O)C1CC1c1cccc(F)c1F)C1CC2CCC(C1)N2. The molecule has 4 rings (SSSR count). The van der Waals surface area contributed by atoms with E-state index in [0.717, 1.165) is 18.9 Å². The van der Waals surface area contributed by atoms with Gasteiger partial charge in [-0.25, -0.2) is 8.78 Å². The van der Waals surface area contributed by atoms with Gasteiger partial charge in [-0.15, -0.1) is 0 Å². The van der Waals surface area contributed by atoms with E-state index in [9.17, 15) is 13.6 Å². The van der Waals surface area contributed by atoms with E-state index in [0.29, 0.717) is 24.1 Å². The molecule has 1 amide bonds. The molecule has 124 valence electrons. The van der Waals surface area contributed by atoms with Gasteiger partial charge in [0.15, 0.2) is 11.6 Å². The molecule has 23 heavy (non-hydrogen) atoms. The van der Waals surface area contributed by atoms with E-state index in [2.05, 4.69) is 5.32 Å². The molecular weight excluding hydrogens is 298 g/mol. The van der Waals surface area contributed by atoms with Crippen LogP contribution in [-0.2, 0) is 4.79 Å². The smallest absolute Gasteiger partial charge is 0.226 e. The third kappa shape index (κ3) is 2.65. The minimum atomic E-state index is -0.830. The number of halogens is 2. The highest BCUT2D eigenvalue weighted by atomic mass is 19.2. The van der Waals surface area contributed by atoms with Crippen molar-refractivity contribution < 1.29 is 13.6 Å². The third-order valence-corrected chi connectivity index (χ3v) is 5.83. The van der Waals surface area contributed by atoms with Crippen molar-refractivity contribution >= 4 is 5.91 Å². The van der Waals surface area contributed by atoms with E-state index in [1.807, 2.05) is 11.9 Å². The van der Waals surface area contributed by atoms with Crippen LogP contribution in [0.3, 0.4) is 0 Å². The summed E-state index contributed by atoms with van der Waals surface area (Å²) in [6.07, 6.45) is 5.03. The second-order valence-corrected chi connectivity index (χ2v) is 7.30. The van der Waals surface area contributed by atoms with Crippen LogP contribution in [0, 0.1) is 17.6 Å². The van der Waals surface area contributed by atoms with Crippen molar-refractivity contribution in [1.82, 2.24) is 10.2 Å². The molecule has 3 fully saturated rings. The summed E-state index contributed by atoms with van der Waals surface area (Å²) in [5.41, 5.74) is 0.349. The number of hydrogen-bond acceptors (Lipinski definition) is 2. The van der Waals surface area contributed by atoms with E-state index in [-0.39, 0.29) is 23.8 Å². The quantitative estimate of drug-likeness (QED) is 0.929. The van der Waals surface area contributed by atoms with Crippen LogP contribution in [0.15, 0.2) is 18.2 Å². The van der Waals surface area contributed by atoms with Gasteiger partial charge < -0.3 is 10.2 Å². The Hall–Kier alpha value is -1.49. The number of fused-ring (bicyclic) bond motifs is 2. The molecule has 3 nitrogen and oxygen atoms in total. The second-order valence-electron chi connectivity index (χ2n) is 7.30. The lowest BCUT2D eigenvalue weighted by molar-refractivity contribution is -0.134. The van der Waals surface area contributed by atoms with Crippen LogP contribution in [0.1, 0.15) is 43.6 Å². The van der Waals surface area contributed by atoms with Crippen LogP contribution in [0.25, 0.3) is 0 Å². The zero-order valence-corrected chi connectivity index (χ0v) is 13.3. The Balaban J connectivity index is 1.43. The van der Waals surface area contributed by atoms with Crippen LogP contribution in [0.2, 0.25) is 0 Å². The number of amides is 1. The minimum absolute atomic E-state index is 0.0879.